The Morgan fingerprint density at radius 1 is 1.21 bits per heavy atom. The second kappa shape index (κ2) is 7.93. The molecule has 0 aliphatic heterocycles. The third-order valence-corrected chi connectivity index (χ3v) is 4.07. The molecule has 5 nitrogen and oxygen atoms in total. The summed E-state index contributed by atoms with van der Waals surface area (Å²) in [4.78, 5) is 12.3. The molecule has 0 heterocycles. The van der Waals surface area contributed by atoms with Crippen molar-refractivity contribution in [1.29, 1.82) is 0 Å². The van der Waals surface area contributed by atoms with Gasteiger partial charge in [0.15, 0.2) is 0 Å². The van der Waals surface area contributed by atoms with E-state index in [9.17, 15) is 4.79 Å². The van der Waals surface area contributed by atoms with Gasteiger partial charge in [-0.05, 0) is 35.7 Å². The van der Waals surface area contributed by atoms with Crippen molar-refractivity contribution in [1.82, 2.24) is 0 Å². The number of nitrogens with one attached hydrogen (secondary N) is 1. The van der Waals surface area contributed by atoms with E-state index in [1.807, 2.05) is 25.1 Å². The maximum atomic E-state index is 12.3. The highest BCUT2D eigenvalue weighted by atomic mass is 35.5. The zero-order chi connectivity index (χ0) is 17.7. The average Bonchev–Trinajstić information content (AvgIpc) is 2.57. The number of carbonyl (C=O) groups is 1. The number of amides is 1. The first-order valence-corrected chi connectivity index (χ1v) is 7.89. The van der Waals surface area contributed by atoms with E-state index in [0.29, 0.717) is 34.3 Å². The molecule has 128 valence electrons. The molecule has 1 unspecified atom stereocenters. The summed E-state index contributed by atoms with van der Waals surface area (Å²) in [5.41, 5.74) is 7.71. The molecule has 24 heavy (non-hydrogen) atoms. The second-order valence-electron chi connectivity index (χ2n) is 5.50. The maximum Gasteiger partial charge on any atom is 0.224 e. The van der Waals surface area contributed by atoms with E-state index >= 15 is 0 Å². The lowest BCUT2D eigenvalue weighted by Crippen LogP contribution is -2.15. The van der Waals surface area contributed by atoms with Crippen LogP contribution in [0.3, 0.4) is 0 Å². The first-order chi connectivity index (χ1) is 11.4. The van der Waals surface area contributed by atoms with Crippen LogP contribution in [0, 0.1) is 0 Å². The van der Waals surface area contributed by atoms with Gasteiger partial charge in [0, 0.05) is 18.2 Å². The van der Waals surface area contributed by atoms with Gasteiger partial charge in [0.05, 0.1) is 24.9 Å². The summed E-state index contributed by atoms with van der Waals surface area (Å²) in [5.74, 6) is 1.28. The van der Waals surface area contributed by atoms with Gasteiger partial charge in [-0.25, -0.2) is 0 Å². The number of carbonyl (C=O) groups excluding carboxylic acids is 1. The molecule has 0 spiro atoms. The molecule has 0 saturated carbocycles. The number of hydrogen-bond donors (Lipinski definition) is 2. The number of anilines is 2. The molecule has 0 radical (unpaired) electrons. The highest BCUT2D eigenvalue weighted by Crippen LogP contribution is 2.32. The lowest BCUT2D eigenvalue weighted by Gasteiger charge is -2.16. The monoisotopic (exact) mass is 348 g/mol. The summed E-state index contributed by atoms with van der Waals surface area (Å²) in [6.07, 6.45) is 0.310. The molecule has 0 bridgehead atoms. The summed E-state index contributed by atoms with van der Waals surface area (Å²) in [6, 6.07) is 10.6. The minimum Gasteiger partial charge on any atom is -0.497 e. The lowest BCUT2D eigenvalue weighted by molar-refractivity contribution is -0.116. The van der Waals surface area contributed by atoms with Crippen LogP contribution in [0.1, 0.15) is 24.8 Å². The molecule has 0 aliphatic rings. The molecule has 0 aromatic heterocycles. The van der Waals surface area contributed by atoms with Crippen LogP contribution in [0.15, 0.2) is 36.4 Å². The standard InChI is InChI=1S/C18H21ClN2O3/c1-11(14-6-5-13(23-2)10-17(14)24-3)8-18(22)21-12-4-7-16(20)15(19)9-12/h4-7,9-11H,8,20H2,1-3H3,(H,21,22). The van der Waals surface area contributed by atoms with Crippen LogP contribution in [0.5, 0.6) is 11.5 Å². The first-order valence-electron chi connectivity index (χ1n) is 7.51. The van der Waals surface area contributed by atoms with Crippen molar-refractivity contribution in [3.63, 3.8) is 0 Å². The molecule has 0 saturated heterocycles. The highest BCUT2D eigenvalue weighted by molar-refractivity contribution is 6.33. The number of nitrogens with two attached hydrogens (primary N) is 1. The zero-order valence-electron chi connectivity index (χ0n) is 13.9. The Kier molecular flexibility index (Phi) is 5.93. The Morgan fingerprint density at radius 3 is 2.58 bits per heavy atom. The van der Waals surface area contributed by atoms with Crippen molar-refractivity contribution in [3.8, 4) is 11.5 Å². The van der Waals surface area contributed by atoms with Gasteiger partial charge < -0.3 is 20.5 Å². The average molecular weight is 349 g/mol. The van der Waals surface area contributed by atoms with Crippen molar-refractivity contribution in [3.05, 3.63) is 47.0 Å². The molecule has 6 heteroatoms. The lowest BCUT2D eigenvalue weighted by atomic mass is 9.96. The molecule has 1 amide bonds. The Bertz CT molecular complexity index is 734. The quantitative estimate of drug-likeness (QED) is 0.772. The Labute approximate surface area is 146 Å². The molecular weight excluding hydrogens is 328 g/mol. The van der Waals surface area contributed by atoms with E-state index in [2.05, 4.69) is 5.32 Å². The van der Waals surface area contributed by atoms with Gasteiger partial charge in [0.25, 0.3) is 0 Å². The third kappa shape index (κ3) is 4.32. The minimum atomic E-state index is -0.110. The van der Waals surface area contributed by atoms with Crippen LogP contribution >= 0.6 is 11.6 Å². The van der Waals surface area contributed by atoms with E-state index in [0.717, 1.165) is 5.56 Å². The zero-order valence-corrected chi connectivity index (χ0v) is 14.7. The minimum absolute atomic E-state index is 0.0184. The van der Waals surface area contributed by atoms with Crippen molar-refractivity contribution < 1.29 is 14.3 Å². The van der Waals surface area contributed by atoms with E-state index in [4.69, 9.17) is 26.8 Å². The molecule has 0 fully saturated rings. The molecule has 3 N–H and O–H groups in total. The number of methoxy groups -OCH3 is 2. The van der Waals surface area contributed by atoms with Crippen LogP contribution in [0.2, 0.25) is 5.02 Å². The molecule has 2 aromatic carbocycles. The van der Waals surface area contributed by atoms with E-state index in [-0.39, 0.29) is 11.8 Å². The first kappa shape index (κ1) is 17.9. The summed E-state index contributed by atoms with van der Waals surface area (Å²) < 4.78 is 10.6. The molecule has 2 aromatic rings. The van der Waals surface area contributed by atoms with Crippen LogP contribution < -0.4 is 20.5 Å². The Morgan fingerprint density at radius 2 is 1.96 bits per heavy atom. The number of nitrogen functional groups attached to an aromatic ring is 1. The fourth-order valence-electron chi connectivity index (χ4n) is 2.43. The van der Waals surface area contributed by atoms with Crippen molar-refractivity contribution in [2.75, 3.05) is 25.3 Å². The molecule has 1 atom stereocenters. The third-order valence-electron chi connectivity index (χ3n) is 3.75. The van der Waals surface area contributed by atoms with Gasteiger partial charge in [-0.1, -0.05) is 24.6 Å². The Balaban J connectivity index is 2.07. The van der Waals surface area contributed by atoms with Gasteiger partial charge in [-0.15, -0.1) is 0 Å². The summed E-state index contributed by atoms with van der Waals surface area (Å²) in [5, 5.41) is 3.24. The van der Waals surface area contributed by atoms with Crippen LogP contribution in [0.25, 0.3) is 0 Å². The number of rotatable bonds is 6. The summed E-state index contributed by atoms with van der Waals surface area (Å²) >= 11 is 5.96. The second-order valence-corrected chi connectivity index (χ2v) is 5.90. The SMILES string of the molecule is COc1ccc(C(C)CC(=O)Nc2ccc(N)c(Cl)c2)c(OC)c1. The topological polar surface area (TPSA) is 73.6 Å². The van der Waals surface area contributed by atoms with Crippen molar-refractivity contribution in [2.45, 2.75) is 19.3 Å². The smallest absolute Gasteiger partial charge is 0.224 e. The van der Waals surface area contributed by atoms with E-state index < -0.39 is 0 Å². The van der Waals surface area contributed by atoms with Gasteiger partial charge >= 0.3 is 0 Å². The number of benzene rings is 2. The molecule has 0 aliphatic carbocycles. The predicted octanol–water partition coefficient (Wildman–Crippen LogP) is 4.07. The fraction of sp³-hybridized carbons (Fsp3) is 0.278. The molecule has 2 rings (SSSR count). The largest absolute Gasteiger partial charge is 0.497 e. The number of ether oxygens (including phenoxy) is 2. The molecular formula is C18H21ClN2O3. The van der Waals surface area contributed by atoms with Gasteiger partial charge in [-0.3, -0.25) is 4.79 Å². The number of halogens is 1. The Hall–Kier alpha value is -2.40. The summed E-state index contributed by atoms with van der Waals surface area (Å²) in [6.45, 7) is 1.97. The van der Waals surface area contributed by atoms with Gasteiger partial charge in [0.1, 0.15) is 11.5 Å². The maximum absolute atomic E-state index is 12.3. The van der Waals surface area contributed by atoms with E-state index in [1.165, 1.54) is 0 Å². The van der Waals surface area contributed by atoms with Crippen molar-refractivity contribution >= 4 is 28.9 Å². The van der Waals surface area contributed by atoms with Crippen LogP contribution in [0.4, 0.5) is 11.4 Å². The number of hydrogen-bond acceptors (Lipinski definition) is 4. The normalized spacial score (nSPS) is 11.7. The highest BCUT2D eigenvalue weighted by Gasteiger charge is 2.16. The van der Waals surface area contributed by atoms with Crippen molar-refractivity contribution in [2.24, 2.45) is 0 Å². The predicted molar refractivity (Wildman–Crippen MR) is 97.1 cm³/mol. The van der Waals surface area contributed by atoms with Crippen LogP contribution in [-0.2, 0) is 4.79 Å². The van der Waals surface area contributed by atoms with Gasteiger partial charge in [0.2, 0.25) is 5.91 Å². The van der Waals surface area contributed by atoms with Crippen LogP contribution in [-0.4, -0.2) is 20.1 Å². The summed E-state index contributed by atoms with van der Waals surface area (Å²) in [7, 11) is 3.20. The fourth-order valence-corrected chi connectivity index (χ4v) is 2.61. The van der Waals surface area contributed by atoms with E-state index in [1.54, 1.807) is 32.4 Å². The van der Waals surface area contributed by atoms with Gasteiger partial charge in [-0.2, -0.15) is 0 Å².